The van der Waals surface area contributed by atoms with Crippen LogP contribution in [0.5, 0.6) is 11.6 Å². The lowest BCUT2D eigenvalue weighted by atomic mass is 10.2. The Morgan fingerprint density at radius 3 is 2.61 bits per heavy atom. The van der Waals surface area contributed by atoms with Gasteiger partial charge in [0.25, 0.3) is 0 Å². The van der Waals surface area contributed by atoms with E-state index in [1.165, 1.54) is 0 Å². The Hall–Kier alpha value is -2.70. The number of nitro groups is 1. The predicted octanol–water partition coefficient (Wildman–Crippen LogP) is 2.07. The van der Waals surface area contributed by atoms with E-state index in [0.29, 0.717) is 5.75 Å². The van der Waals surface area contributed by atoms with Gasteiger partial charge in [-0.05, 0) is 19.1 Å². The number of hydrogen-bond acceptors (Lipinski definition) is 6. The molecule has 18 heavy (non-hydrogen) atoms. The normalized spacial score (nSPS) is 10.1. The highest BCUT2D eigenvalue weighted by atomic mass is 16.6. The SMILES string of the molecule is Cc1ccc(Oc2nc(N)ncc2[N+](=O)[O-])cc1. The topological polar surface area (TPSA) is 104 Å². The van der Waals surface area contributed by atoms with Crippen LogP contribution in [0.15, 0.2) is 30.5 Å². The number of nitrogen functional groups attached to an aromatic ring is 1. The highest BCUT2D eigenvalue weighted by Gasteiger charge is 2.18. The smallest absolute Gasteiger partial charge is 0.349 e. The number of aromatic nitrogens is 2. The maximum absolute atomic E-state index is 10.8. The summed E-state index contributed by atoms with van der Waals surface area (Å²) in [5.74, 6) is 0.195. The van der Waals surface area contributed by atoms with E-state index in [1.807, 2.05) is 19.1 Å². The number of ether oxygens (including phenoxy) is 1. The van der Waals surface area contributed by atoms with Crippen LogP contribution in [0, 0.1) is 17.0 Å². The summed E-state index contributed by atoms with van der Waals surface area (Å²) in [4.78, 5) is 17.4. The summed E-state index contributed by atoms with van der Waals surface area (Å²) in [5, 5.41) is 10.8. The zero-order valence-corrected chi connectivity index (χ0v) is 9.53. The van der Waals surface area contributed by atoms with Crippen LogP contribution in [-0.2, 0) is 0 Å². The van der Waals surface area contributed by atoms with E-state index in [1.54, 1.807) is 12.1 Å². The molecule has 0 fully saturated rings. The molecule has 2 aromatic rings. The van der Waals surface area contributed by atoms with Crippen molar-refractivity contribution < 1.29 is 9.66 Å². The number of aryl methyl sites for hydroxylation is 1. The summed E-state index contributed by atoms with van der Waals surface area (Å²) in [7, 11) is 0. The standard InChI is InChI=1S/C11H10N4O3/c1-7-2-4-8(5-3-7)18-10-9(15(16)17)6-13-11(12)14-10/h2-6H,1H3,(H2,12,13,14). The number of hydrogen-bond donors (Lipinski definition) is 1. The molecule has 2 N–H and O–H groups in total. The molecule has 0 spiro atoms. The molecular weight excluding hydrogens is 236 g/mol. The van der Waals surface area contributed by atoms with Gasteiger partial charge in [0.1, 0.15) is 11.9 Å². The van der Waals surface area contributed by atoms with Crippen LogP contribution >= 0.6 is 0 Å². The highest BCUT2D eigenvalue weighted by molar-refractivity contribution is 5.44. The van der Waals surface area contributed by atoms with Crippen molar-refractivity contribution in [2.45, 2.75) is 6.92 Å². The summed E-state index contributed by atoms with van der Waals surface area (Å²) in [6, 6.07) is 7.03. The molecule has 0 aliphatic rings. The van der Waals surface area contributed by atoms with Gasteiger partial charge in [-0.15, -0.1) is 0 Å². The first-order valence-corrected chi connectivity index (χ1v) is 5.07. The molecular formula is C11H10N4O3. The van der Waals surface area contributed by atoms with Gasteiger partial charge in [-0.2, -0.15) is 4.98 Å². The van der Waals surface area contributed by atoms with E-state index < -0.39 is 4.92 Å². The minimum Gasteiger partial charge on any atom is -0.434 e. The monoisotopic (exact) mass is 246 g/mol. The van der Waals surface area contributed by atoms with Crippen LogP contribution in [-0.4, -0.2) is 14.9 Å². The first-order chi connectivity index (χ1) is 8.56. The highest BCUT2D eigenvalue weighted by Crippen LogP contribution is 2.28. The summed E-state index contributed by atoms with van der Waals surface area (Å²) in [6.07, 6.45) is 1.02. The van der Waals surface area contributed by atoms with E-state index in [4.69, 9.17) is 10.5 Å². The predicted molar refractivity (Wildman–Crippen MR) is 64.4 cm³/mol. The van der Waals surface area contributed by atoms with Crippen LogP contribution in [0.25, 0.3) is 0 Å². The van der Waals surface area contributed by atoms with Crippen molar-refractivity contribution in [3.8, 4) is 11.6 Å². The van der Waals surface area contributed by atoms with E-state index >= 15 is 0 Å². The maximum Gasteiger partial charge on any atom is 0.349 e. The third-order valence-electron chi connectivity index (χ3n) is 2.19. The van der Waals surface area contributed by atoms with Crippen LogP contribution < -0.4 is 10.5 Å². The molecule has 0 aliphatic carbocycles. The molecule has 1 aromatic heterocycles. The van der Waals surface area contributed by atoms with E-state index in [9.17, 15) is 10.1 Å². The molecule has 0 amide bonds. The molecule has 0 atom stereocenters. The fourth-order valence-corrected chi connectivity index (χ4v) is 1.29. The molecule has 0 unspecified atom stereocenters. The largest absolute Gasteiger partial charge is 0.434 e. The summed E-state index contributed by atoms with van der Waals surface area (Å²) < 4.78 is 5.33. The Bertz CT molecular complexity index is 583. The lowest BCUT2D eigenvalue weighted by Gasteiger charge is -2.05. The molecule has 0 bridgehead atoms. The summed E-state index contributed by atoms with van der Waals surface area (Å²) >= 11 is 0. The maximum atomic E-state index is 10.8. The quantitative estimate of drug-likeness (QED) is 0.656. The fraction of sp³-hybridized carbons (Fsp3) is 0.0909. The zero-order chi connectivity index (χ0) is 13.1. The Morgan fingerprint density at radius 1 is 1.33 bits per heavy atom. The number of anilines is 1. The lowest BCUT2D eigenvalue weighted by Crippen LogP contribution is -2.01. The number of benzene rings is 1. The Morgan fingerprint density at radius 2 is 2.00 bits per heavy atom. The van der Waals surface area contributed by atoms with E-state index in [0.717, 1.165) is 11.8 Å². The van der Waals surface area contributed by atoms with Crippen LogP contribution in [0.3, 0.4) is 0 Å². The Labute approximate surface area is 102 Å². The average molecular weight is 246 g/mol. The second kappa shape index (κ2) is 4.66. The molecule has 7 heteroatoms. The second-order valence-electron chi connectivity index (χ2n) is 3.59. The number of rotatable bonds is 3. The summed E-state index contributed by atoms with van der Waals surface area (Å²) in [6.45, 7) is 1.93. The fourth-order valence-electron chi connectivity index (χ4n) is 1.29. The van der Waals surface area contributed by atoms with Gasteiger partial charge in [0.05, 0.1) is 4.92 Å². The molecule has 0 saturated carbocycles. The van der Waals surface area contributed by atoms with Crippen molar-refractivity contribution in [3.05, 3.63) is 46.1 Å². The van der Waals surface area contributed by atoms with Gasteiger partial charge in [-0.25, -0.2) is 4.98 Å². The first kappa shape index (κ1) is 11.8. The van der Waals surface area contributed by atoms with Gasteiger partial charge in [0, 0.05) is 0 Å². The van der Waals surface area contributed by atoms with E-state index in [2.05, 4.69) is 9.97 Å². The molecule has 2 rings (SSSR count). The molecule has 1 aromatic carbocycles. The number of nitrogens with zero attached hydrogens (tertiary/aromatic N) is 3. The van der Waals surface area contributed by atoms with Crippen molar-refractivity contribution in [1.82, 2.24) is 9.97 Å². The Kier molecular flexibility index (Phi) is 3.05. The van der Waals surface area contributed by atoms with Crippen LogP contribution in [0.2, 0.25) is 0 Å². The van der Waals surface area contributed by atoms with E-state index in [-0.39, 0.29) is 17.5 Å². The average Bonchev–Trinajstić information content (AvgIpc) is 2.32. The third-order valence-corrected chi connectivity index (χ3v) is 2.19. The Balaban J connectivity index is 2.35. The zero-order valence-electron chi connectivity index (χ0n) is 9.53. The van der Waals surface area contributed by atoms with Gasteiger partial charge in [0.2, 0.25) is 5.95 Å². The van der Waals surface area contributed by atoms with Gasteiger partial charge in [-0.1, -0.05) is 17.7 Å². The van der Waals surface area contributed by atoms with Crippen LogP contribution in [0.4, 0.5) is 11.6 Å². The third kappa shape index (κ3) is 2.51. The molecule has 0 radical (unpaired) electrons. The number of nitrogens with two attached hydrogens (primary N) is 1. The van der Waals surface area contributed by atoms with Gasteiger partial charge < -0.3 is 10.5 Å². The molecule has 92 valence electrons. The molecule has 1 heterocycles. The molecule has 7 nitrogen and oxygen atoms in total. The van der Waals surface area contributed by atoms with Gasteiger partial charge >= 0.3 is 11.6 Å². The minimum absolute atomic E-state index is 0.0808. The first-order valence-electron chi connectivity index (χ1n) is 5.07. The van der Waals surface area contributed by atoms with Crippen molar-refractivity contribution in [1.29, 1.82) is 0 Å². The summed E-state index contributed by atoms with van der Waals surface area (Å²) in [5.41, 5.74) is 6.11. The van der Waals surface area contributed by atoms with Gasteiger partial charge in [-0.3, -0.25) is 10.1 Å². The van der Waals surface area contributed by atoms with Crippen molar-refractivity contribution in [3.63, 3.8) is 0 Å². The van der Waals surface area contributed by atoms with Gasteiger partial charge in [0.15, 0.2) is 0 Å². The molecule has 0 saturated heterocycles. The van der Waals surface area contributed by atoms with Crippen molar-refractivity contribution >= 4 is 11.6 Å². The van der Waals surface area contributed by atoms with Crippen molar-refractivity contribution in [2.75, 3.05) is 5.73 Å². The van der Waals surface area contributed by atoms with Crippen LogP contribution in [0.1, 0.15) is 5.56 Å². The lowest BCUT2D eigenvalue weighted by molar-refractivity contribution is -0.386. The minimum atomic E-state index is -0.622. The molecule has 0 aliphatic heterocycles. The van der Waals surface area contributed by atoms with Crippen molar-refractivity contribution in [2.24, 2.45) is 0 Å². The second-order valence-corrected chi connectivity index (χ2v) is 3.59.